The maximum atomic E-state index is 11.7. The number of nitrogens with zero attached hydrogens (tertiary/aromatic N) is 2. The first-order valence-electron chi connectivity index (χ1n) is 6.43. The molecule has 0 spiro atoms. The molecule has 5 heteroatoms. The van der Waals surface area contributed by atoms with Crippen molar-refractivity contribution in [3.63, 3.8) is 0 Å². The third kappa shape index (κ3) is 2.93. The fourth-order valence-corrected chi connectivity index (χ4v) is 1.86. The Morgan fingerprint density at radius 2 is 1.89 bits per heavy atom. The molecule has 0 amide bonds. The summed E-state index contributed by atoms with van der Waals surface area (Å²) in [5, 5.41) is 14.4. The number of aromatic nitrogens is 2. The summed E-state index contributed by atoms with van der Waals surface area (Å²) in [5.74, 6) is -0.265. The van der Waals surface area contributed by atoms with E-state index >= 15 is 0 Å². The molecule has 0 aliphatic rings. The Kier molecular flexibility index (Phi) is 3.85. The Morgan fingerprint density at radius 3 is 2.47 bits per heavy atom. The Morgan fingerprint density at radius 1 is 1.26 bits per heavy atom. The van der Waals surface area contributed by atoms with Gasteiger partial charge in [-0.3, -0.25) is 0 Å². The van der Waals surface area contributed by atoms with Gasteiger partial charge in [-0.1, -0.05) is 32.0 Å². The Labute approximate surface area is 111 Å². The minimum absolute atomic E-state index is 0.148. The molecular formula is C14H18N2O3. The van der Waals surface area contributed by atoms with Crippen LogP contribution in [0.5, 0.6) is 0 Å². The standard InChI is InChI=1S/C14H18N2O3/c1-3-14(18,4-2)10-16-13(17)19-12(15-16)11-8-6-5-7-9-11/h5-9,18H,3-4,10H2,1-2H3. The first kappa shape index (κ1) is 13.5. The largest absolute Gasteiger partial charge is 0.437 e. The Hall–Kier alpha value is -1.88. The molecule has 1 aromatic heterocycles. The van der Waals surface area contributed by atoms with Gasteiger partial charge in [-0.25, -0.2) is 4.79 Å². The molecule has 5 nitrogen and oxygen atoms in total. The predicted octanol–water partition coefficient (Wildman–Crippen LogP) is 2.05. The Balaban J connectivity index is 2.30. The van der Waals surface area contributed by atoms with Crippen LogP contribution in [0.1, 0.15) is 26.7 Å². The van der Waals surface area contributed by atoms with Crippen molar-refractivity contribution >= 4 is 0 Å². The first-order valence-corrected chi connectivity index (χ1v) is 6.43. The van der Waals surface area contributed by atoms with Gasteiger partial charge in [0.05, 0.1) is 12.1 Å². The van der Waals surface area contributed by atoms with Gasteiger partial charge in [0.25, 0.3) is 0 Å². The molecule has 0 fully saturated rings. The van der Waals surface area contributed by atoms with Crippen molar-refractivity contribution in [3.8, 4) is 11.5 Å². The van der Waals surface area contributed by atoms with E-state index in [9.17, 15) is 9.90 Å². The molecule has 2 aromatic rings. The molecule has 0 saturated heterocycles. The average molecular weight is 262 g/mol. The van der Waals surface area contributed by atoms with Crippen LogP contribution in [0.25, 0.3) is 11.5 Å². The van der Waals surface area contributed by atoms with Gasteiger partial charge in [0.2, 0.25) is 5.89 Å². The highest BCUT2D eigenvalue weighted by molar-refractivity contribution is 5.51. The second-order valence-electron chi connectivity index (χ2n) is 4.63. The van der Waals surface area contributed by atoms with Gasteiger partial charge in [-0.2, -0.15) is 4.68 Å². The van der Waals surface area contributed by atoms with Crippen molar-refractivity contribution in [2.75, 3.05) is 0 Å². The highest BCUT2D eigenvalue weighted by Crippen LogP contribution is 2.18. The van der Waals surface area contributed by atoms with Crippen LogP contribution in [0.3, 0.4) is 0 Å². The SMILES string of the molecule is CCC(O)(CC)Cn1nc(-c2ccccc2)oc1=O. The smallest absolute Gasteiger partial charge is 0.388 e. The van der Waals surface area contributed by atoms with E-state index in [0.29, 0.717) is 12.8 Å². The summed E-state index contributed by atoms with van der Waals surface area (Å²) < 4.78 is 6.31. The van der Waals surface area contributed by atoms with Crippen LogP contribution in [0.4, 0.5) is 0 Å². The van der Waals surface area contributed by atoms with E-state index in [1.54, 1.807) is 0 Å². The monoisotopic (exact) mass is 262 g/mol. The van der Waals surface area contributed by atoms with Crippen LogP contribution in [0, 0.1) is 0 Å². The average Bonchev–Trinajstić information content (AvgIpc) is 2.81. The highest BCUT2D eigenvalue weighted by Gasteiger charge is 2.25. The number of benzene rings is 1. The molecule has 0 saturated carbocycles. The summed E-state index contributed by atoms with van der Waals surface area (Å²) in [6.07, 6.45) is 1.12. The maximum absolute atomic E-state index is 11.7. The first-order chi connectivity index (χ1) is 9.08. The van der Waals surface area contributed by atoms with Crippen molar-refractivity contribution < 1.29 is 9.52 Å². The van der Waals surface area contributed by atoms with Crippen molar-refractivity contribution in [2.45, 2.75) is 38.8 Å². The molecule has 0 unspecified atom stereocenters. The van der Waals surface area contributed by atoms with Crippen molar-refractivity contribution in [2.24, 2.45) is 0 Å². The van der Waals surface area contributed by atoms with Gasteiger partial charge < -0.3 is 9.52 Å². The molecule has 1 N–H and O–H groups in total. The second kappa shape index (κ2) is 5.40. The van der Waals surface area contributed by atoms with E-state index in [1.165, 1.54) is 4.68 Å². The van der Waals surface area contributed by atoms with Crippen LogP contribution in [0.2, 0.25) is 0 Å². The summed E-state index contributed by atoms with van der Waals surface area (Å²) in [6.45, 7) is 3.91. The summed E-state index contributed by atoms with van der Waals surface area (Å²) in [5.41, 5.74) is -0.177. The van der Waals surface area contributed by atoms with E-state index in [-0.39, 0.29) is 12.4 Å². The topological polar surface area (TPSA) is 68.3 Å². The lowest BCUT2D eigenvalue weighted by Crippen LogP contribution is -2.36. The molecule has 0 aliphatic carbocycles. The van der Waals surface area contributed by atoms with Crippen LogP contribution in [-0.4, -0.2) is 20.5 Å². The van der Waals surface area contributed by atoms with Gasteiger partial charge in [0, 0.05) is 5.56 Å². The number of aliphatic hydroxyl groups is 1. The van der Waals surface area contributed by atoms with Crippen molar-refractivity contribution in [1.82, 2.24) is 9.78 Å². The summed E-state index contributed by atoms with van der Waals surface area (Å²) in [4.78, 5) is 11.7. The van der Waals surface area contributed by atoms with Gasteiger partial charge >= 0.3 is 5.76 Å². The number of hydrogen-bond acceptors (Lipinski definition) is 4. The summed E-state index contributed by atoms with van der Waals surface area (Å²) in [6, 6.07) is 9.22. The van der Waals surface area contributed by atoms with Crippen molar-refractivity contribution in [1.29, 1.82) is 0 Å². The van der Waals surface area contributed by atoms with Gasteiger partial charge in [0.15, 0.2) is 0 Å². The minimum Gasteiger partial charge on any atom is -0.388 e. The molecule has 0 aliphatic heterocycles. The third-order valence-electron chi connectivity index (χ3n) is 3.39. The number of hydrogen-bond donors (Lipinski definition) is 1. The molecule has 0 atom stereocenters. The van der Waals surface area contributed by atoms with E-state index < -0.39 is 11.4 Å². The zero-order chi connectivity index (χ0) is 13.9. The molecule has 0 radical (unpaired) electrons. The van der Waals surface area contributed by atoms with E-state index in [2.05, 4.69) is 5.10 Å². The maximum Gasteiger partial charge on any atom is 0.437 e. The minimum atomic E-state index is -0.922. The fourth-order valence-electron chi connectivity index (χ4n) is 1.86. The van der Waals surface area contributed by atoms with Gasteiger partial charge in [-0.15, -0.1) is 5.10 Å². The van der Waals surface area contributed by atoms with Gasteiger partial charge in [-0.05, 0) is 25.0 Å². The van der Waals surface area contributed by atoms with E-state index in [4.69, 9.17) is 4.42 Å². The Bertz CT molecular complexity index is 582. The molecule has 102 valence electrons. The van der Waals surface area contributed by atoms with Crippen LogP contribution < -0.4 is 5.76 Å². The molecule has 19 heavy (non-hydrogen) atoms. The van der Waals surface area contributed by atoms with Gasteiger partial charge in [0.1, 0.15) is 0 Å². The lowest BCUT2D eigenvalue weighted by Gasteiger charge is -2.23. The lowest BCUT2D eigenvalue weighted by molar-refractivity contribution is 0.0102. The lowest BCUT2D eigenvalue weighted by atomic mass is 9.98. The highest BCUT2D eigenvalue weighted by atomic mass is 16.4. The van der Waals surface area contributed by atoms with Crippen LogP contribution in [0.15, 0.2) is 39.5 Å². The zero-order valence-corrected chi connectivity index (χ0v) is 11.2. The zero-order valence-electron chi connectivity index (χ0n) is 11.2. The fraction of sp³-hybridized carbons (Fsp3) is 0.429. The number of rotatable bonds is 5. The second-order valence-corrected chi connectivity index (χ2v) is 4.63. The summed E-state index contributed by atoms with van der Waals surface area (Å²) >= 11 is 0. The quantitative estimate of drug-likeness (QED) is 0.895. The molecule has 0 bridgehead atoms. The van der Waals surface area contributed by atoms with Crippen molar-refractivity contribution in [3.05, 3.63) is 40.9 Å². The normalized spacial score (nSPS) is 11.7. The van der Waals surface area contributed by atoms with E-state index in [1.807, 2.05) is 44.2 Å². The molecule has 2 rings (SSSR count). The molecule has 1 heterocycles. The van der Waals surface area contributed by atoms with Crippen LogP contribution >= 0.6 is 0 Å². The van der Waals surface area contributed by atoms with E-state index in [0.717, 1.165) is 5.56 Å². The molecule has 1 aromatic carbocycles. The van der Waals surface area contributed by atoms with Crippen LogP contribution in [-0.2, 0) is 6.54 Å². The third-order valence-corrected chi connectivity index (χ3v) is 3.39. The summed E-state index contributed by atoms with van der Waals surface area (Å²) in [7, 11) is 0. The molecular weight excluding hydrogens is 244 g/mol. The predicted molar refractivity (Wildman–Crippen MR) is 71.7 cm³/mol.